The smallest absolute Gasteiger partial charge is 0.322 e. The number of hydrogen-bond acceptors (Lipinski definition) is 3. The molecule has 94 valence electrons. The lowest BCUT2D eigenvalue weighted by atomic mass is 9.96. The maximum atomic E-state index is 10.6. The number of alkyl halides is 1. The number of carboxylic acids is 1. The minimum Gasteiger partial charge on any atom is -0.480 e. The molecular formula is C11H21ClN2O2. The highest BCUT2D eigenvalue weighted by atomic mass is 35.5. The Morgan fingerprint density at radius 3 is 2.50 bits per heavy atom. The van der Waals surface area contributed by atoms with Gasteiger partial charge >= 0.3 is 5.97 Å². The number of rotatable bonds is 5. The minimum absolute atomic E-state index is 0.464. The minimum atomic E-state index is -0.919. The maximum Gasteiger partial charge on any atom is 0.322 e. The largest absolute Gasteiger partial charge is 0.480 e. The van der Waals surface area contributed by atoms with Gasteiger partial charge in [-0.2, -0.15) is 0 Å². The van der Waals surface area contributed by atoms with Crippen LogP contribution < -0.4 is 0 Å². The number of likely N-dealkylation sites (tertiary alicyclic amines) is 1. The van der Waals surface area contributed by atoms with Crippen LogP contribution in [-0.2, 0) is 4.79 Å². The second-order valence-corrected chi connectivity index (χ2v) is 5.34. The fourth-order valence-corrected chi connectivity index (χ4v) is 2.37. The average molecular weight is 249 g/mol. The molecule has 1 rings (SSSR count). The van der Waals surface area contributed by atoms with Crippen molar-refractivity contribution in [2.45, 2.75) is 18.2 Å². The van der Waals surface area contributed by atoms with Gasteiger partial charge in [-0.25, -0.2) is 0 Å². The molecule has 1 atom stereocenters. The molecule has 0 saturated carbocycles. The summed E-state index contributed by atoms with van der Waals surface area (Å²) in [4.78, 5) is 15.0. The molecule has 1 heterocycles. The Labute approximate surface area is 102 Å². The summed E-state index contributed by atoms with van der Waals surface area (Å²) in [6, 6.07) is 0. The van der Waals surface area contributed by atoms with Crippen LogP contribution in [0, 0.1) is 5.92 Å². The molecule has 0 aliphatic carbocycles. The van der Waals surface area contributed by atoms with E-state index in [1.165, 1.54) is 0 Å². The standard InChI is InChI=1S/C11H21ClN2O2/c1-13(2)7-9-3-5-14(6-4-9)8-10(12)11(15)16/h9-10H,3-8H2,1-2H3,(H,15,16). The molecule has 5 heteroatoms. The highest BCUT2D eigenvalue weighted by molar-refractivity contribution is 6.29. The first-order chi connectivity index (χ1) is 7.49. The molecule has 1 N–H and O–H groups in total. The quantitative estimate of drug-likeness (QED) is 0.736. The third-order valence-corrected chi connectivity index (χ3v) is 3.34. The molecule has 0 aromatic heterocycles. The number of hydrogen-bond donors (Lipinski definition) is 1. The normalized spacial score (nSPS) is 21.2. The van der Waals surface area contributed by atoms with Crippen molar-refractivity contribution in [3.05, 3.63) is 0 Å². The van der Waals surface area contributed by atoms with Crippen LogP contribution in [0.5, 0.6) is 0 Å². The van der Waals surface area contributed by atoms with Crippen LogP contribution in [-0.4, -0.2) is 66.5 Å². The predicted molar refractivity (Wildman–Crippen MR) is 65.0 cm³/mol. The molecule has 4 nitrogen and oxygen atoms in total. The summed E-state index contributed by atoms with van der Waals surface area (Å²) < 4.78 is 0. The first kappa shape index (κ1) is 13.7. The summed E-state index contributed by atoms with van der Waals surface area (Å²) in [6.45, 7) is 3.52. The van der Waals surface area contributed by atoms with E-state index in [0.29, 0.717) is 6.54 Å². The lowest BCUT2D eigenvalue weighted by molar-refractivity contribution is -0.137. The van der Waals surface area contributed by atoms with Crippen LogP contribution in [0.25, 0.3) is 0 Å². The highest BCUT2D eigenvalue weighted by Crippen LogP contribution is 2.18. The van der Waals surface area contributed by atoms with E-state index in [9.17, 15) is 4.79 Å². The fourth-order valence-electron chi connectivity index (χ4n) is 2.17. The molecule has 1 saturated heterocycles. The van der Waals surface area contributed by atoms with E-state index in [2.05, 4.69) is 23.9 Å². The van der Waals surface area contributed by atoms with Crippen molar-refractivity contribution in [1.82, 2.24) is 9.80 Å². The Kier molecular flexibility index (Phi) is 5.52. The summed E-state index contributed by atoms with van der Waals surface area (Å²) in [5.41, 5.74) is 0. The van der Waals surface area contributed by atoms with Gasteiger partial charge in [0, 0.05) is 13.1 Å². The van der Waals surface area contributed by atoms with Crippen LogP contribution in [0.4, 0.5) is 0 Å². The first-order valence-electron chi connectivity index (χ1n) is 5.73. The fraction of sp³-hybridized carbons (Fsp3) is 0.909. The summed E-state index contributed by atoms with van der Waals surface area (Å²) in [6.07, 6.45) is 2.28. The van der Waals surface area contributed by atoms with E-state index in [0.717, 1.165) is 38.4 Å². The van der Waals surface area contributed by atoms with E-state index >= 15 is 0 Å². The second kappa shape index (κ2) is 6.42. The maximum absolute atomic E-state index is 10.6. The number of piperidine rings is 1. The summed E-state index contributed by atoms with van der Waals surface area (Å²) in [5.74, 6) is -0.179. The van der Waals surface area contributed by atoms with Crippen molar-refractivity contribution in [2.75, 3.05) is 40.3 Å². The molecule has 0 aromatic rings. The molecule has 0 aromatic carbocycles. The van der Waals surface area contributed by atoms with E-state index < -0.39 is 11.3 Å². The van der Waals surface area contributed by atoms with Crippen LogP contribution in [0.3, 0.4) is 0 Å². The van der Waals surface area contributed by atoms with Crippen LogP contribution in [0.2, 0.25) is 0 Å². The third kappa shape index (κ3) is 4.68. The van der Waals surface area contributed by atoms with Gasteiger partial charge in [-0.3, -0.25) is 4.79 Å². The van der Waals surface area contributed by atoms with Gasteiger partial charge in [0.2, 0.25) is 0 Å². The zero-order valence-corrected chi connectivity index (χ0v) is 10.8. The third-order valence-electron chi connectivity index (χ3n) is 3.02. The SMILES string of the molecule is CN(C)CC1CCN(CC(Cl)C(=O)O)CC1. The van der Waals surface area contributed by atoms with Gasteiger partial charge in [0.05, 0.1) is 0 Å². The molecule has 16 heavy (non-hydrogen) atoms. The summed E-state index contributed by atoms with van der Waals surface area (Å²) in [5, 5.41) is 7.95. The average Bonchev–Trinajstić information content (AvgIpc) is 2.20. The number of nitrogens with zero attached hydrogens (tertiary/aromatic N) is 2. The van der Waals surface area contributed by atoms with Crippen LogP contribution in [0.15, 0.2) is 0 Å². The number of carboxylic acid groups (broad SMARTS) is 1. The van der Waals surface area contributed by atoms with Gasteiger partial charge in [0.25, 0.3) is 0 Å². The number of carbonyl (C=O) groups is 1. The predicted octanol–water partition coefficient (Wildman–Crippen LogP) is 0.952. The van der Waals surface area contributed by atoms with E-state index in [4.69, 9.17) is 16.7 Å². The molecule has 1 fully saturated rings. The summed E-state index contributed by atoms with van der Waals surface area (Å²) in [7, 11) is 4.18. The topological polar surface area (TPSA) is 43.8 Å². The van der Waals surface area contributed by atoms with Crippen molar-refractivity contribution in [3.63, 3.8) is 0 Å². The molecule has 0 amide bonds. The Bertz CT molecular complexity index is 228. The first-order valence-corrected chi connectivity index (χ1v) is 6.16. The van der Waals surface area contributed by atoms with Crippen molar-refractivity contribution >= 4 is 17.6 Å². The Balaban J connectivity index is 2.24. The Hall–Kier alpha value is -0.320. The van der Waals surface area contributed by atoms with Crippen molar-refractivity contribution in [2.24, 2.45) is 5.92 Å². The van der Waals surface area contributed by atoms with Crippen molar-refractivity contribution < 1.29 is 9.90 Å². The second-order valence-electron chi connectivity index (χ2n) is 4.81. The lowest BCUT2D eigenvalue weighted by Crippen LogP contribution is -2.41. The Morgan fingerprint density at radius 2 is 2.06 bits per heavy atom. The lowest BCUT2D eigenvalue weighted by Gasteiger charge is -2.33. The summed E-state index contributed by atoms with van der Waals surface area (Å²) >= 11 is 5.72. The van der Waals surface area contributed by atoms with Gasteiger partial charge in [-0.1, -0.05) is 0 Å². The number of halogens is 1. The Morgan fingerprint density at radius 1 is 1.50 bits per heavy atom. The molecule has 0 bridgehead atoms. The number of aliphatic carboxylic acids is 1. The van der Waals surface area contributed by atoms with Crippen LogP contribution >= 0.6 is 11.6 Å². The zero-order chi connectivity index (χ0) is 12.1. The van der Waals surface area contributed by atoms with Gasteiger partial charge < -0.3 is 14.9 Å². The zero-order valence-electron chi connectivity index (χ0n) is 10.0. The van der Waals surface area contributed by atoms with Crippen molar-refractivity contribution in [3.8, 4) is 0 Å². The highest BCUT2D eigenvalue weighted by Gasteiger charge is 2.23. The van der Waals surface area contributed by atoms with E-state index in [1.54, 1.807) is 0 Å². The monoisotopic (exact) mass is 248 g/mol. The van der Waals surface area contributed by atoms with Gasteiger partial charge in [-0.05, 0) is 45.9 Å². The van der Waals surface area contributed by atoms with E-state index in [1.807, 2.05) is 0 Å². The molecule has 1 aliphatic heterocycles. The molecular weight excluding hydrogens is 228 g/mol. The van der Waals surface area contributed by atoms with Gasteiger partial charge in [0.15, 0.2) is 0 Å². The van der Waals surface area contributed by atoms with Crippen LogP contribution in [0.1, 0.15) is 12.8 Å². The molecule has 1 unspecified atom stereocenters. The molecule has 1 aliphatic rings. The van der Waals surface area contributed by atoms with Gasteiger partial charge in [0.1, 0.15) is 5.38 Å². The molecule has 0 spiro atoms. The van der Waals surface area contributed by atoms with Crippen molar-refractivity contribution in [1.29, 1.82) is 0 Å². The molecule has 0 radical (unpaired) electrons. The van der Waals surface area contributed by atoms with E-state index in [-0.39, 0.29) is 0 Å². The van der Waals surface area contributed by atoms with Gasteiger partial charge in [-0.15, -0.1) is 11.6 Å².